The fraction of sp³-hybridized carbons (Fsp3) is 1.00. The second kappa shape index (κ2) is 5.31. The molecule has 2 aliphatic rings. The molecule has 0 aromatic heterocycles. The van der Waals surface area contributed by atoms with E-state index in [-0.39, 0.29) is 0 Å². The summed E-state index contributed by atoms with van der Waals surface area (Å²) in [6.07, 6.45) is 5.61. The molecule has 1 heterocycles. The van der Waals surface area contributed by atoms with Gasteiger partial charge in [-0.1, -0.05) is 13.8 Å². The molecule has 2 unspecified atom stereocenters. The van der Waals surface area contributed by atoms with Crippen LogP contribution < -0.4 is 5.32 Å². The summed E-state index contributed by atoms with van der Waals surface area (Å²) in [5.74, 6) is 1.89. The molecule has 88 valence electrons. The van der Waals surface area contributed by atoms with E-state index in [0.29, 0.717) is 0 Å². The summed E-state index contributed by atoms with van der Waals surface area (Å²) in [5, 5.41) is 3.76. The lowest BCUT2D eigenvalue weighted by molar-refractivity contribution is 0.149. The van der Waals surface area contributed by atoms with E-state index in [2.05, 4.69) is 24.1 Å². The number of nitrogens with one attached hydrogen (secondary N) is 1. The zero-order chi connectivity index (χ0) is 10.7. The first kappa shape index (κ1) is 11.4. The van der Waals surface area contributed by atoms with Crippen LogP contribution in [0.25, 0.3) is 0 Å². The van der Waals surface area contributed by atoms with Crippen LogP contribution in [0.15, 0.2) is 0 Å². The van der Waals surface area contributed by atoms with Gasteiger partial charge in [0.2, 0.25) is 0 Å². The van der Waals surface area contributed by atoms with Gasteiger partial charge in [-0.2, -0.15) is 0 Å². The van der Waals surface area contributed by atoms with Gasteiger partial charge in [0.1, 0.15) is 0 Å². The molecule has 1 aliphatic carbocycles. The summed E-state index contributed by atoms with van der Waals surface area (Å²) in [4.78, 5) is 2.64. The lowest BCUT2D eigenvalue weighted by atomic mass is 9.95. The number of hydrogen-bond donors (Lipinski definition) is 1. The van der Waals surface area contributed by atoms with Crippen LogP contribution in [0.5, 0.6) is 0 Å². The molecule has 0 bridgehead atoms. The van der Waals surface area contributed by atoms with E-state index in [1.165, 1.54) is 51.9 Å². The summed E-state index contributed by atoms with van der Waals surface area (Å²) in [5.41, 5.74) is 0. The summed E-state index contributed by atoms with van der Waals surface area (Å²) in [7, 11) is 0. The van der Waals surface area contributed by atoms with Gasteiger partial charge in [0, 0.05) is 19.1 Å². The van der Waals surface area contributed by atoms with Crippen molar-refractivity contribution < 1.29 is 0 Å². The number of nitrogens with zero attached hydrogens (tertiary/aromatic N) is 1. The van der Waals surface area contributed by atoms with Gasteiger partial charge in [-0.15, -0.1) is 0 Å². The number of rotatable bonds is 5. The molecule has 0 spiro atoms. The standard InChI is InChI=1S/C13H26N2/c1-3-6-15-9-11(2)7-13(10-15)14-8-12-4-5-12/h11-14H,3-10H2,1-2H3. The predicted octanol–water partition coefficient (Wildman–Crippen LogP) is 2.11. The van der Waals surface area contributed by atoms with Gasteiger partial charge in [-0.3, -0.25) is 0 Å². The van der Waals surface area contributed by atoms with Gasteiger partial charge in [-0.05, 0) is 50.6 Å². The van der Waals surface area contributed by atoms with Crippen LogP contribution in [0.2, 0.25) is 0 Å². The highest BCUT2D eigenvalue weighted by molar-refractivity contribution is 4.84. The van der Waals surface area contributed by atoms with Gasteiger partial charge in [0.25, 0.3) is 0 Å². The van der Waals surface area contributed by atoms with Crippen LogP contribution in [-0.4, -0.2) is 37.1 Å². The Morgan fingerprint density at radius 2 is 2.07 bits per heavy atom. The third-order valence-electron chi connectivity index (χ3n) is 3.67. The number of likely N-dealkylation sites (tertiary alicyclic amines) is 1. The lowest BCUT2D eigenvalue weighted by Gasteiger charge is -2.36. The fourth-order valence-electron chi connectivity index (χ4n) is 2.76. The van der Waals surface area contributed by atoms with Crippen molar-refractivity contribution in [3.8, 4) is 0 Å². The van der Waals surface area contributed by atoms with E-state index in [9.17, 15) is 0 Å². The van der Waals surface area contributed by atoms with Crippen molar-refractivity contribution in [2.24, 2.45) is 11.8 Å². The van der Waals surface area contributed by atoms with E-state index >= 15 is 0 Å². The lowest BCUT2D eigenvalue weighted by Crippen LogP contribution is -2.49. The molecule has 15 heavy (non-hydrogen) atoms. The van der Waals surface area contributed by atoms with E-state index in [1.54, 1.807) is 0 Å². The largest absolute Gasteiger partial charge is 0.312 e. The molecule has 0 amide bonds. The molecule has 2 rings (SSSR count). The first-order valence-electron chi connectivity index (χ1n) is 6.73. The van der Waals surface area contributed by atoms with Gasteiger partial charge in [0.05, 0.1) is 0 Å². The second-order valence-corrected chi connectivity index (χ2v) is 5.65. The Kier molecular flexibility index (Phi) is 4.04. The molecular formula is C13H26N2. The second-order valence-electron chi connectivity index (χ2n) is 5.65. The van der Waals surface area contributed by atoms with Gasteiger partial charge in [-0.25, -0.2) is 0 Å². The zero-order valence-corrected chi connectivity index (χ0v) is 10.3. The third-order valence-corrected chi connectivity index (χ3v) is 3.67. The third kappa shape index (κ3) is 3.76. The SMILES string of the molecule is CCCN1CC(C)CC(NCC2CC2)C1. The fourth-order valence-corrected chi connectivity index (χ4v) is 2.76. The summed E-state index contributed by atoms with van der Waals surface area (Å²) in [6.45, 7) is 9.84. The highest BCUT2D eigenvalue weighted by Gasteiger charge is 2.26. The maximum absolute atomic E-state index is 3.76. The predicted molar refractivity (Wildman–Crippen MR) is 65.0 cm³/mol. The van der Waals surface area contributed by atoms with Crippen LogP contribution in [0.1, 0.15) is 39.5 Å². The van der Waals surface area contributed by atoms with Crippen LogP contribution in [0.3, 0.4) is 0 Å². The van der Waals surface area contributed by atoms with Crippen molar-refractivity contribution in [2.45, 2.75) is 45.6 Å². The Morgan fingerprint density at radius 1 is 1.27 bits per heavy atom. The van der Waals surface area contributed by atoms with Gasteiger partial charge in [0.15, 0.2) is 0 Å². The van der Waals surface area contributed by atoms with Gasteiger partial charge < -0.3 is 10.2 Å². The Balaban J connectivity index is 1.72. The Labute approximate surface area is 94.4 Å². The number of piperidine rings is 1. The Morgan fingerprint density at radius 3 is 2.73 bits per heavy atom. The molecule has 0 aromatic carbocycles. The average Bonchev–Trinajstić information content (AvgIpc) is 2.98. The molecule has 1 N–H and O–H groups in total. The Bertz CT molecular complexity index is 189. The Hall–Kier alpha value is -0.0800. The number of hydrogen-bond acceptors (Lipinski definition) is 2. The van der Waals surface area contributed by atoms with Crippen molar-refractivity contribution in [1.82, 2.24) is 10.2 Å². The summed E-state index contributed by atoms with van der Waals surface area (Å²) < 4.78 is 0. The highest BCUT2D eigenvalue weighted by atomic mass is 15.2. The van der Waals surface area contributed by atoms with Crippen LogP contribution in [-0.2, 0) is 0 Å². The molecule has 1 aliphatic heterocycles. The summed E-state index contributed by atoms with van der Waals surface area (Å²) >= 11 is 0. The molecule has 0 radical (unpaired) electrons. The average molecular weight is 210 g/mol. The maximum atomic E-state index is 3.76. The smallest absolute Gasteiger partial charge is 0.0198 e. The highest BCUT2D eigenvalue weighted by Crippen LogP contribution is 2.28. The molecule has 1 saturated carbocycles. The molecule has 1 saturated heterocycles. The molecule has 2 atom stereocenters. The molecular weight excluding hydrogens is 184 g/mol. The van der Waals surface area contributed by atoms with E-state index in [0.717, 1.165) is 17.9 Å². The van der Waals surface area contributed by atoms with E-state index in [4.69, 9.17) is 0 Å². The van der Waals surface area contributed by atoms with Crippen molar-refractivity contribution in [1.29, 1.82) is 0 Å². The van der Waals surface area contributed by atoms with E-state index in [1.807, 2.05) is 0 Å². The van der Waals surface area contributed by atoms with E-state index < -0.39 is 0 Å². The van der Waals surface area contributed by atoms with Crippen molar-refractivity contribution >= 4 is 0 Å². The molecule has 2 heteroatoms. The van der Waals surface area contributed by atoms with Gasteiger partial charge >= 0.3 is 0 Å². The minimum atomic E-state index is 0.765. The quantitative estimate of drug-likeness (QED) is 0.747. The maximum Gasteiger partial charge on any atom is 0.0198 e. The van der Waals surface area contributed by atoms with Crippen LogP contribution in [0, 0.1) is 11.8 Å². The summed E-state index contributed by atoms with van der Waals surface area (Å²) in [6, 6.07) is 0.765. The topological polar surface area (TPSA) is 15.3 Å². The monoisotopic (exact) mass is 210 g/mol. The first-order chi connectivity index (χ1) is 7.28. The van der Waals surface area contributed by atoms with Crippen LogP contribution >= 0.6 is 0 Å². The normalized spacial score (nSPS) is 33.2. The molecule has 2 fully saturated rings. The first-order valence-corrected chi connectivity index (χ1v) is 6.73. The van der Waals surface area contributed by atoms with Crippen molar-refractivity contribution in [3.63, 3.8) is 0 Å². The minimum absolute atomic E-state index is 0.765. The zero-order valence-electron chi connectivity index (χ0n) is 10.3. The van der Waals surface area contributed by atoms with Crippen molar-refractivity contribution in [3.05, 3.63) is 0 Å². The molecule has 0 aromatic rings. The van der Waals surface area contributed by atoms with Crippen LogP contribution in [0.4, 0.5) is 0 Å². The minimum Gasteiger partial charge on any atom is -0.312 e. The molecule has 2 nitrogen and oxygen atoms in total. The van der Waals surface area contributed by atoms with Crippen molar-refractivity contribution in [2.75, 3.05) is 26.2 Å².